The molecule has 8 nitrogen and oxygen atoms in total. The van der Waals surface area contributed by atoms with E-state index in [1.54, 1.807) is 6.07 Å². The molecule has 0 spiro atoms. The lowest BCUT2D eigenvalue weighted by Gasteiger charge is -2.23. The van der Waals surface area contributed by atoms with Crippen LogP contribution in [-0.2, 0) is 6.42 Å². The summed E-state index contributed by atoms with van der Waals surface area (Å²) in [5.74, 6) is 1.35. The van der Waals surface area contributed by atoms with E-state index in [0.717, 1.165) is 43.7 Å². The van der Waals surface area contributed by atoms with Gasteiger partial charge in [-0.25, -0.2) is 4.98 Å². The monoisotopic (exact) mass is 356 g/mol. The Labute approximate surface area is 152 Å². The van der Waals surface area contributed by atoms with Crippen LogP contribution >= 0.6 is 0 Å². The molecular weight excluding hydrogens is 332 g/mol. The van der Waals surface area contributed by atoms with Gasteiger partial charge >= 0.3 is 0 Å². The van der Waals surface area contributed by atoms with E-state index in [2.05, 4.69) is 34.0 Å². The fourth-order valence-electron chi connectivity index (χ4n) is 3.25. The second-order valence-corrected chi connectivity index (χ2v) is 6.63. The molecule has 3 rings (SSSR count). The molecular formula is C18H24N6O2. The zero-order valence-electron chi connectivity index (χ0n) is 15.1. The van der Waals surface area contributed by atoms with Gasteiger partial charge in [0, 0.05) is 36.1 Å². The van der Waals surface area contributed by atoms with Crippen molar-refractivity contribution in [2.24, 2.45) is 0 Å². The SMILES string of the molecule is CCCc1cc(N2CCCC2C)nc(Nc2ccc(N)c([N+](=O)[O-])c2)n1. The second kappa shape index (κ2) is 7.55. The molecule has 1 aliphatic rings. The summed E-state index contributed by atoms with van der Waals surface area (Å²) in [5, 5.41) is 14.2. The molecule has 1 atom stereocenters. The third-order valence-electron chi connectivity index (χ3n) is 4.60. The molecule has 0 aliphatic carbocycles. The van der Waals surface area contributed by atoms with Gasteiger partial charge in [-0.1, -0.05) is 13.3 Å². The van der Waals surface area contributed by atoms with E-state index in [0.29, 0.717) is 17.7 Å². The van der Waals surface area contributed by atoms with Gasteiger partial charge in [-0.2, -0.15) is 4.98 Å². The van der Waals surface area contributed by atoms with Crippen molar-refractivity contribution < 1.29 is 4.92 Å². The Morgan fingerprint density at radius 1 is 1.38 bits per heavy atom. The van der Waals surface area contributed by atoms with Crippen LogP contribution < -0.4 is 16.0 Å². The van der Waals surface area contributed by atoms with Crippen LogP contribution in [0.25, 0.3) is 0 Å². The number of anilines is 4. The van der Waals surface area contributed by atoms with E-state index in [9.17, 15) is 10.1 Å². The van der Waals surface area contributed by atoms with Gasteiger partial charge in [-0.15, -0.1) is 0 Å². The molecule has 1 saturated heterocycles. The molecule has 138 valence electrons. The number of nitrogen functional groups attached to an aromatic ring is 1. The van der Waals surface area contributed by atoms with Crippen LogP contribution in [0, 0.1) is 10.1 Å². The Morgan fingerprint density at radius 3 is 2.85 bits per heavy atom. The van der Waals surface area contributed by atoms with Gasteiger partial charge in [-0.3, -0.25) is 10.1 Å². The fraction of sp³-hybridized carbons (Fsp3) is 0.444. The molecule has 2 aromatic rings. The Morgan fingerprint density at radius 2 is 2.19 bits per heavy atom. The predicted molar refractivity (Wildman–Crippen MR) is 103 cm³/mol. The lowest BCUT2D eigenvalue weighted by molar-refractivity contribution is -0.383. The first-order chi connectivity index (χ1) is 12.5. The summed E-state index contributed by atoms with van der Waals surface area (Å²) in [6, 6.07) is 7.10. The smallest absolute Gasteiger partial charge is 0.294 e. The van der Waals surface area contributed by atoms with Crippen LogP contribution in [0.2, 0.25) is 0 Å². The largest absolute Gasteiger partial charge is 0.393 e. The summed E-state index contributed by atoms with van der Waals surface area (Å²) in [7, 11) is 0. The average Bonchev–Trinajstić information content (AvgIpc) is 3.02. The zero-order chi connectivity index (χ0) is 18.7. The van der Waals surface area contributed by atoms with Crippen molar-refractivity contribution in [2.45, 2.75) is 45.6 Å². The number of nitrogens with zero attached hydrogens (tertiary/aromatic N) is 4. The third kappa shape index (κ3) is 3.84. The molecule has 1 aliphatic heterocycles. The molecule has 0 radical (unpaired) electrons. The number of rotatable bonds is 6. The number of nitro groups is 1. The van der Waals surface area contributed by atoms with E-state index in [1.807, 2.05) is 6.07 Å². The van der Waals surface area contributed by atoms with Crippen LogP contribution in [0.5, 0.6) is 0 Å². The topological polar surface area (TPSA) is 110 Å². The van der Waals surface area contributed by atoms with Gasteiger partial charge in [0.15, 0.2) is 0 Å². The predicted octanol–water partition coefficient (Wildman–Crippen LogP) is 3.65. The highest BCUT2D eigenvalue weighted by molar-refractivity contribution is 5.68. The van der Waals surface area contributed by atoms with Crippen molar-refractivity contribution in [3.8, 4) is 0 Å². The number of nitrogens with two attached hydrogens (primary N) is 1. The van der Waals surface area contributed by atoms with E-state index in [4.69, 9.17) is 5.73 Å². The minimum absolute atomic E-state index is 0.131. The van der Waals surface area contributed by atoms with Crippen molar-refractivity contribution in [3.05, 3.63) is 40.1 Å². The number of benzene rings is 1. The van der Waals surface area contributed by atoms with E-state index >= 15 is 0 Å². The Bertz CT molecular complexity index is 810. The van der Waals surface area contributed by atoms with Crippen LogP contribution in [-0.4, -0.2) is 27.5 Å². The van der Waals surface area contributed by atoms with E-state index < -0.39 is 4.92 Å². The molecule has 1 fully saturated rings. The summed E-state index contributed by atoms with van der Waals surface area (Å²) in [6.45, 7) is 5.29. The Hall–Kier alpha value is -2.90. The van der Waals surface area contributed by atoms with Gasteiger partial charge in [-0.05, 0) is 38.3 Å². The first-order valence-electron chi connectivity index (χ1n) is 8.93. The van der Waals surface area contributed by atoms with Crippen molar-refractivity contribution in [1.29, 1.82) is 0 Å². The minimum atomic E-state index is -0.494. The lowest BCUT2D eigenvalue weighted by atomic mass is 10.2. The second-order valence-electron chi connectivity index (χ2n) is 6.63. The number of aromatic nitrogens is 2. The highest BCUT2D eigenvalue weighted by atomic mass is 16.6. The highest BCUT2D eigenvalue weighted by Gasteiger charge is 2.23. The van der Waals surface area contributed by atoms with Crippen LogP contribution in [0.15, 0.2) is 24.3 Å². The van der Waals surface area contributed by atoms with Gasteiger partial charge in [0.2, 0.25) is 5.95 Å². The summed E-state index contributed by atoms with van der Waals surface area (Å²) >= 11 is 0. The van der Waals surface area contributed by atoms with Crippen LogP contribution in [0.4, 0.5) is 28.8 Å². The number of aryl methyl sites for hydroxylation is 1. The Kier molecular flexibility index (Phi) is 5.20. The minimum Gasteiger partial charge on any atom is -0.393 e. The molecule has 0 bridgehead atoms. The zero-order valence-corrected chi connectivity index (χ0v) is 15.1. The van der Waals surface area contributed by atoms with Crippen LogP contribution in [0.1, 0.15) is 38.8 Å². The number of nitro benzene ring substituents is 1. The maximum atomic E-state index is 11.1. The normalized spacial score (nSPS) is 16.7. The van der Waals surface area contributed by atoms with Crippen molar-refractivity contribution >= 4 is 28.8 Å². The molecule has 0 amide bonds. The van der Waals surface area contributed by atoms with Crippen molar-refractivity contribution in [2.75, 3.05) is 22.5 Å². The molecule has 1 unspecified atom stereocenters. The summed E-state index contributed by atoms with van der Waals surface area (Å²) in [5.41, 5.74) is 7.17. The number of hydrogen-bond donors (Lipinski definition) is 2. The lowest BCUT2D eigenvalue weighted by Crippen LogP contribution is -2.27. The number of hydrogen-bond acceptors (Lipinski definition) is 7. The molecule has 26 heavy (non-hydrogen) atoms. The van der Waals surface area contributed by atoms with Crippen molar-refractivity contribution in [1.82, 2.24) is 9.97 Å². The molecule has 2 heterocycles. The van der Waals surface area contributed by atoms with Crippen LogP contribution in [0.3, 0.4) is 0 Å². The maximum Gasteiger partial charge on any atom is 0.294 e. The molecule has 3 N–H and O–H groups in total. The first-order valence-corrected chi connectivity index (χ1v) is 8.93. The summed E-state index contributed by atoms with van der Waals surface area (Å²) < 4.78 is 0. The molecule has 1 aromatic carbocycles. The van der Waals surface area contributed by atoms with E-state index in [1.165, 1.54) is 12.1 Å². The van der Waals surface area contributed by atoms with E-state index in [-0.39, 0.29) is 11.4 Å². The average molecular weight is 356 g/mol. The Balaban J connectivity index is 1.92. The molecule has 8 heteroatoms. The summed E-state index contributed by atoms with van der Waals surface area (Å²) in [4.78, 5) is 22.1. The maximum absolute atomic E-state index is 11.1. The van der Waals surface area contributed by atoms with Gasteiger partial charge in [0.05, 0.1) is 4.92 Å². The molecule has 1 aromatic heterocycles. The third-order valence-corrected chi connectivity index (χ3v) is 4.60. The first kappa shape index (κ1) is 17.9. The quantitative estimate of drug-likeness (QED) is 0.462. The molecule has 0 saturated carbocycles. The van der Waals surface area contributed by atoms with Crippen molar-refractivity contribution in [3.63, 3.8) is 0 Å². The number of nitrogens with one attached hydrogen (secondary N) is 1. The highest BCUT2D eigenvalue weighted by Crippen LogP contribution is 2.29. The fourth-order valence-corrected chi connectivity index (χ4v) is 3.25. The van der Waals surface area contributed by atoms with Gasteiger partial charge < -0.3 is 16.0 Å². The summed E-state index contributed by atoms with van der Waals surface area (Å²) in [6.07, 6.45) is 4.15. The standard InChI is InChI=1S/C18H24N6O2/c1-3-5-13-11-17(23-9-4-6-12(23)2)22-18(20-13)21-14-7-8-15(19)16(10-14)24(25)26/h7-8,10-12H,3-6,9,19H2,1-2H3,(H,20,21,22). The van der Waals surface area contributed by atoms with Gasteiger partial charge in [0.25, 0.3) is 5.69 Å². The van der Waals surface area contributed by atoms with Gasteiger partial charge in [0.1, 0.15) is 11.5 Å².